The SMILES string of the molecule is O=c1nc2n(C/C=C/c3ccccc3)nc(N3CCCCC3)n2c2ccc(Br)cc12. The van der Waals surface area contributed by atoms with Crippen molar-refractivity contribution in [3.8, 4) is 0 Å². The number of rotatable bonds is 4. The van der Waals surface area contributed by atoms with Crippen LogP contribution in [-0.4, -0.2) is 32.3 Å². The lowest BCUT2D eigenvalue weighted by atomic mass is 10.1. The summed E-state index contributed by atoms with van der Waals surface area (Å²) < 4.78 is 4.73. The molecule has 30 heavy (non-hydrogen) atoms. The summed E-state index contributed by atoms with van der Waals surface area (Å²) in [6.45, 7) is 2.48. The summed E-state index contributed by atoms with van der Waals surface area (Å²) in [5, 5.41) is 5.50. The minimum atomic E-state index is -0.232. The molecule has 1 saturated heterocycles. The quantitative estimate of drug-likeness (QED) is 0.446. The van der Waals surface area contributed by atoms with Crippen LogP contribution in [0.2, 0.25) is 0 Å². The van der Waals surface area contributed by atoms with E-state index in [1.54, 1.807) is 0 Å². The van der Waals surface area contributed by atoms with Crippen molar-refractivity contribution in [2.45, 2.75) is 25.8 Å². The minimum Gasteiger partial charge on any atom is -0.341 e. The zero-order chi connectivity index (χ0) is 20.5. The maximum absolute atomic E-state index is 12.8. The molecule has 0 radical (unpaired) electrons. The molecule has 0 atom stereocenters. The van der Waals surface area contributed by atoms with Crippen LogP contribution < -0.4 is 10.5 Å². The Hall–Kier alpha value is -2.93. The molecule has 2 aromatic heterocycles. The van der Waals surface area contributed by atoms with Crippen LogP contribution in [0.3, 0.4) is 0 Å². The van der Waals surface area contributed by atoms with Crippen LogP contribution in [-0.2, 0) is 6.54 Å². The van der Waals surface area contributed by atoms with E-state index in [9.17, 15) is 4.79 Å². The van der Waals surface area contributed by atoms with Crippen LogP contribution in [0.5, 0.6) is 0 Å². The smallest absolute Gasteiger partial charge is 0.282 e. The van der Waals surface area contributed by atoms with E-state index >= 15 is 0 Å². The second-order valence-corrected chi connectivity index (χ2v) is 8.47. The highest BCUT2D eigenvalue weighted by molar-refractivity contribution is 9.10. The number of aromatic nitrogens is 4. The average molecular weight is 464 g/mol. The maximum Gasteiger partial charge on any atom is 0.282 e. The van der Waals surface area contributed by atoms with Crippen molar-refractivity contribution in [3.63, 3.8) is 0 Å². The zero-order valence-corrected chi connectivity index (χ0v) is 18.1. The van der Waals surface area contributed by atoms with Gasteiger partial charge in [-0.2, -0.15) is 4.98 Å². The van der Waals surface area contributed by atoms with Gasteiger partial charge in [-0.25, -0.2) is 9.08 Å². The molecule has 1 aliphatic rings. The Balaban J connectivity index is 1.65. The number of hydrogen-bond donors (Lipinski definition) is 0. The largest absolute Gasteiger partial charge is 0.341 e. The van der Waals surface area contributed by atoms with Crippen molar-refractivity contribution in [1.82, 2.24) is 19.2 Å². The van der Waals surface area contributed by atoms with Crippen molar-refractivity contribution in [2.24, 2.45) is 0 Å². The predicted molar refractivity (Wildman–Crippen MR) is 124 cm³/mol. The van der Waals surface area contributed by atoms with E-state index in [0.29, 0.717) is 17.7 Å². The van der Waals surface area contributed by atoms with E-state index < -0.39 is 0 Å². The normalized spacial score (nSPS) is 14.9. The molecule has 1 aliphatic heterocycles. The Labute approximate surface area is 182 Å². The van der Waals surface area contributed by atoms with Gasteiger partial charge in [-0.3, -0.25) is 4.79 Å². The predicted octanol–water partition coefficient (Wildman–Crippen LogP) is 4.51. The first-order chi connectivity index (χ1) is 14.7. The molecule has 0 saturated carbocycles. The van der Waals surface area contributed by atoms with Crippen LogP contribution in [0.25, 0.3) is 22.8 Å². The van der Waals surface area contributed by atoms with Gasteiger partial charge in [-0.1, -0.05) is 58.4 Å². The monoisotopic (exact) mass is 463 g/mol. The molecule has 0 aliphatic carbocycles. The molecule has 0 N–H and O–H groups in total. The molecule has 4 aromatic rings. The van der Waals surface area contributed by atoms with Gasteiger partial charge in [0.25, 0.3) is 5.56 Å². The van der Waals surface area contributed by atoms with E-state index in [1.807, 2.05) is 45.5 Å². The molecule has 5 rings (SSSR count). The van der Waals surface area contributed by atoms with Crippen molar-refractivity contribution in [2.75, 3.05) is 18.0 Å². The van der Waals surface area contributed by atoms with Gasteiger partial charge >= 0.3 is 0 Å². The van der Waals surface area contributed by atoms with Crippen molar-refractivity contribution >= 4 is 44.6 Å². The molecule has 0 bridgehead atoms. The molecule has 7 heteroatoms. The number of anilines is 1. The van der Waals surface area contributed by atoms with Crippen LogP contribution >= 0.6 is 15.9 Å². The molecule has 0 amide bonds. The van der Waals surface area contributed by atoms with Gasteiger partial charge < -0.3 is 4.90 Å². The Morgan fingerprint density at radius 2 is 1.83 bits per heavy atom. The van der Waals surface area contributed by atoms with Crippen LogP contribution in [0.4, 0.5) is 5.95 Å². The van der Waals surface area contributed by atoms with Crippen LogP contribution in [0.15, 0.2) is 63.9 Å². The zero-order valence-electron chi connectivity index (χ0n) is 16.5. The molecule has 6 nitrogen and oxygen atoms in total. The van der Waals surface area contributed by atoms with Gasteiger partial charge in [0.05, 0.1) is 17.4 Å². The number of hydrogen-bond acceptors (Lipinski definition) is 4. The van der Waals surface area contributed by atoms with E-state index in [-0.39, 0.29) is 5.56 Å². The van der Waals surface area contributed by atoms with Gasteiger partial charge in [-0.15, -0.1) is 5.10 Å². The lowest BCUT2D eigenvalue weighted by Crippen LogP contribution is -2.31. The lowest BCUT2D eigenvalue weighted by molar-refractivity contribution is 0.563. The Kier molecular flexibility index (Phi) is 5.12. The number of halogens is 1. The number of nitrogens with zero attached hydrogens (tertiary/aromatic N) is 5. The van der Waals surface area contributed by atoms with Crippen molar-refractivity contribution in [3.05, 3.63) is 75.0 Å². The standard InChI is InChI=1S/C23H22BrN5O/c24-18-11-12-20-19(16-18)21(30)25-22-28(15-7-10-17-8-3-1-4-9-17)26-23(29(20)22)27-13-5-2-6-14-27/h1,3-4,7-12,16H,2,5-6,13-15H2/b10-7+. The summed E-state index contributed by atoms with van der Waals surface area (Å²) in [5.74, 6) is 1.44. The Morgan fingerprint density at radius 1 is 1.03 bits per heavy atom. The summed E-state index contributed by atoms with van der Waals surface area (Å²) in [6, 6.07) is 15.9. The second kappa shape index (κ2) is 8.07. The number of benzene rings is 2. The van der Waals surface area contributed by atoms with Gasteiger partial charge in [0.15, 0.2) is 0 Å². The topological polar surface area (TPSA) is 55.4 Å². The third-order valence-corrected chi connectivity index (χ3v) is 5.99. The second-order valence-electron chi connectivity index (χ2n) is 7.56. The van der Waals surface area contributed by atoms with E-state index in [0.717, 1.165) is 47.4 Å². The maximum atomic E-state index is 12.8. The summed E-state index contributed by atoms with van der Waals surface area (Å²) in [4.78, 5) is 19.5. The lowest BCUT2D eigenvalue weighted by Gasteiger charge is -2.26. The molecular weight excluding hydrogens is 442 g/mol. The fourth-order valence-electron chi connectivity index (χ4n) is 4.02. The highest BCUT2D eigenvalue weighted by atomic mass is 79.9. The fraction of sp³-hybridized carbons (Fsp3) is 0.261. The molecular formula is C23H22BrN5O. The molecule has 3 heterocycles. The highest BCUT2D eigenvalue weighted by Gasteiger charge is 2.21. The Bertz CT molecular complexity index is 1290. The third kappa shape index (κ3) is 3.54. The minimum absolute atomic E-state index is 0.232. The van der Waals surface area contributed by atoms with Gasteiger partial charge in [-0.05, 0) is 43.0 Å². The first-order valence-corrected chi connectivity index (χ1v) is 11.1. The van der Waals surface area contributed by atoms with Crippen LogP contribution in [0, 0.1) is 0 Å². The first kappa shape index (κ1) is 19.1. The number of allylic oxidation sites excluding steroid dienone is 1. The summed E-state index contributed by atoms with van der Waals surface area (Å²) in [7, 11) is 0. The van der Waals surface area contributed by atoms with Gasteiger partial charge in [0, 0.05) is 17.6 Å². The molecule has 0 spiro atoms. The highest BCUT2D eigenvalue weighted by Crippen LogP contribution is 2.25. The van der Waals surface area contributed by atoms with Crippen molar-refractivity contribution < 1.29 is 0 Å². The van der Waals surface area contributed by atoms with Crippen molar-refractivity contribution in [1.29, 1.82) is 0 Å². The number of fused-ring (bicyclic) bond motifs is 3. The third-order valence-electron chi connectivity index (χ3n) is 5.50. The molecule has 1 fully saturated rings. The molecule has 0 unspecified atom stereocenters. The summed E-state index contributed by atoms with van der Waals surface area (Å²) in [6.07, 6.45) is 7.67. The summed E-state index contributed by atoms with van der Waals surface area (Å²) in [5.41, 5.74) is 1.74. The first-order valence-electron chi connectivity index (χ1n) is 10.3. The van der Waals surface area contributed by atoms with Gasteiger partial charge in [0.1, 0.15) is 0 Å². The van der Waals surface area contributed by atoms with E-state index in [1.165, 1.54) is 6.42 Å². The van der Waals surface area contributed by atoms with E-state index in [4.69, 9.17) is 5.10 Å². The fourth-order valence-corrected chi connectivity index (χ4v) is 4.39. The van der Waals surface area contributed by atoms with Crippen LogP contribution in [0.1, 0.15) is 24.8 Å². The molecule has 2 aromatic carbocycles. The Morgan fingerprint density at radius 3 is 2.63 bits per heavy atom. The molecule has 152 valence electrons. The average Bonchev–Trinajstić information content (AvgIpc) is 3.14. The number of piperidine rings is 1. The van der Waals surface area contributed by atoms with Gasteiger partial charge in [0.2, 0.25) is 11.7 Å². The van der Waals surface area contributed by atoms with E-state index in [2.05, 4.69) is 50.1 Å². The summed E-state index contributed by atoms with van der Waals surface area (Å²) >= 11 is 3.47.